The minimum atomic E-state index is -0.253. The highest BCUT2D eigenvalue weighted by atomic mass is 19.1. The Balaban J connectivity index is 1.53. The van der Waals surface area contributed by atoms with E-state index in [1.165, 1.54) is 6.07 Å². The summed E-state index contributed by atoms with van der Waals surface area (Å²) in [6.07, 6.45) is 6.92. The number of carbonyl (C=O) groups is 1. The van der Waals surface area contributed by atoms with Crippen LogP contribution < -0.4 is 0 Å². The Morgan fingerprint density at radius 3 is 2.45 bits per heavy atom. The van der Waals surface area contributed by atoms with Gasteiger partial charge in [-0.25, -0.2) is 4.39 Å². The maximum absolute atomic E-state index is 13.9. The first-order chi connectivity index (χ1) is 14.1. The first kappa shape index (κ1) is 19.2. The summed E-state index contributed by atoms with van der Waals surface area (Å²) in [6, 6.07) is 12.4. The molecule has 1 aliphatic heterocycles. The zero-order chi connectivity index (χ0) is 20.2. The quantitative estimate of drug-likeness (QED) is 0.685. The average Bonchev–Trinajstić information content (AvgIpc) is 2.75. The van der Waals surface area contributed by atoms with Crippen LogP contribution in [0.2, 0.25) is 0 Å². The summed E-state index contributed by atoms with van der Waals surface area (Å²) in [6.45, 7) is 4.54. The molecule has 0 N–H and O–H groups in total. The predicted octanol–water partition coefficient (Wildman–Crippen LogP) is 3.47. The van der Waals surface area contributed by atoms with Crippen LogP contribution in [0.5, 0.6) is 0 Å². The number of hydrogen-bond donors (Lipinski definition) is 0. The van der Waals surface area contributed by atoms with Gasteiger partial charge in [-0.15, -0.1) is 0 Å². The molecule has 1 aliphatic rings. The van der Waals surface area contributed by atoms with E-state index in [1.807, 2.05) is 42.3 Å². The molecule has 29 heavy (non-hydrogen) atoms. The van der Waals surface area contributed by atoms with E-state index in [4.69, 9.17) is 0 Å². The van der Waals surface area contributed by atoms with E-state index in [-0.39, 0.29) is 17.8 Å². The number of amides is 1. The fourth-order valence-electron chi connectivity index (χ4n) is 3.87. The number of piperazine rings is 1. The molecule has 6 heteroatoms. The lowest BCUT2D eigenvalue weighted by molar-refractivity contribution is 0.0596. The van der Waals surface area contributed by atoms with Crippen LogP contribution in [0.3, 0.4) is 0 Å². The first-order valence-corrected chi connectivity index (χ1v) is 9.72. The molecule has 148 valence electrons. The highest BCUT2D eigenvalue weighted by molar-refractivity contribution is 5.94. The molecule has 0 aliphatic carbocycles. The van der Waals surface area contributed by atoms with Crippen molar-refractivity contribution >= 4 is 5.91 Å². The number of aryl methyl sites for hydroxylation is 1. The number of rotatable bonds is 4. The van der Waals surface area contributed by atoms with Crippen molar-refractivity contribution < 1.29 is 9.18 Å². The number of carbonyl (C=O) groups excluding carboxylic acids is 1. The molecule has 5 nitrogen and oxygen atoms in total. The maximum atomic E-state index is 13.9. The van der Waals surface area contributed by atoms with E-state index < -0.39 is 0 Å². The van der Waals surface area contributed by atoms with E-state index in [1.54, 1.807) is 30.7 Å². The SMILES string of the molecule is Cc1cncc(C(=O)N2CCN(C(c3cccnc3)c3cccc(F)c3)CC2)c1. The summed E-state index contributed by atoms with van der Waals surface area (Å²) in [7, 11) is 0. The third-order valence-corrected chi connectivity index (χ3v) is 5.25. The van der Waals surface area contributed by atoms with Crippen LogP contribution in [0.15, 0.2) is 67.3 Å². The molecular weight excluding hydrogens is 367 g/mol. The highest BCUT2D eigenvalue weighted by Crippen LogP contribution is 2.29. The van der Waals surface area contributed by atoms with Gasteiger partial charge in [0.1, 0.15) is 5.82 Å². The van der Waals surface area contributed by atoms with Gasteiger partial charge in [0.15, 0.2) is 0 Å². The largest absolute Gasteiger partial charge is 0.336 e. The minimum absolute atomic E-state index is 0.00420. The van der Waals surface area contributed by atoms with E-state index >= 15 is 0 Å². The Hall–Kier alpha value is -3.12. The number of aromatic nitrogens is 2. The van der Waals surface area contributed by atoms with E-state index in [9.17, 15) is 9.18 Å². The maximum Gasteiger partial charge on any atom is 0.255 e. The molecule has 1 unspecified atom stereocenters. The molecule has 1 atom stereocenters. The third kappa shape index (κ3) is 4.32. The van der Waals surface area contributed by atoms with Crippen LogP contribution in [0.25, 0.3) is 0 Å². The second-order valence-corrected chi connectivity index (χ2v) is 7.32. The van der Waals surface area contributed by atoms with E-state index in [2.05, 4.69) is 14.9 Å². The molecule has 0 saturated carbocycles. The minimum Gasteiger partial charge on any atom is -0.336 e. The van der Waals surface area contributed by atoms with Crippen molar-refractivity contribution in [3.63, 3.8) is 0 Å². The molecule has 3 aromatic rings. The van der Waals surface area contributed by atoms with Crippen molar-refractivity contribution in [3.8, 4) is 0 Å². The van der Waals surface area contributed by atoms with Crippen LogP contribution in [0.1, 0.15) is 33.1 Å². The Labute approximate surface area is 169 Å². The second kappa shape index (κ2) is 8.49. The molecule has 0 spiro atoms. The van der Waals surface area contributed by atoms with Crippen molar-refractivity contribution in [2.24, 2.45) is 0 Å². The molecule has 1 amide bonds. The van der Waals surface area contributed by atoms with Gasteiger partial charge in [-0.1, -0.05) is 18.2 Å². The molecule has 2 aromatic heterocycles. The van der Waals surface area contributed by atoms with Crippen LogP contribution in [-0.4, -0.2) is 51.9 Å². The molecular formula is C23H23FN4O. The zero-order valence-corrected chi connectivity index (χ0v) is 16.3. The van der Waals surface area contributed by atoms with Gasteiger partial charge in [-0.3, -0.25) is 19.7 Å². The molecule has 0 radical (unpaired) electrons. The zero-order valence-electron chi connectivity index (χ0n) is 16.3. The van der Waals surface area contributed by atoms with Crippen LogP contribution in [0, 0.1) is 12.7 Å². The predicted molar refractivity (Wildman–Crippen MR) is 109 cm³/mol. The molecule has 1 saturated heterocycles. The fraction of sp³-hybridized carbons (Fsp3) is 0.261. The molecule has 1 aromatic carbocycles. The van der Waals surface area contributed by atoms with Gasteiger partial charge in [0.2, 0.25) is 0 Å². The number of nitrogens with zero attached hydrogens (tertiary/aromatic N) is 4. The van der Waals surface area contributed by atoms with Crippen molar-refractivity contribution in [2.75, 3.05) is 26.2 Å². The number of benzene rings is 1. The standard InChI is InChI=1S/C23H23FN4O/c1-17-12-20(16-26-14-17)23(29)28-10-8-27(9-11-28)22(19-5-3-7-25-15-19)18-4-2-6-21(24)13-18/h2-7,12-16,22H,8-11H2,1H3. The van der Waals surface area contributed by atoms with Crippen molar-refractivity contribution in [2.45, 2.75) is 13.0 Å². The van der Waals surface area contributed by atoms with Crippen LogP contribution in [-0.2, 0) is 0 Å². The Morgan fingerprint density at radius 2 is 1.76 bits per heavy atom. The van der Waals surface area contributed by atoms with Crippen molar-refractivity contribution in [1.82, 2.24) is 19.8 Å². The Bertz CT molecular complexity index is 987. The normalized spacial score (nSPS) is 15.9. The van der Waals surface area contributed by atoms with Crippen LogP contribution >= 0.6 is 0 Å². The van der Waals surface area contributed by atoms with Crippen molar-refractivity contribution in [3.05, 3.63) is 95.3 Å². The summed E-state index contributed by atoms with van der Waals surface area (Å²) in [5.41, 5.74) is 3.49. The van der Waals surface area contributed by atoms with Gasteiger partial charge in [0.05, 0.1) is 11.6 Å². The molecule has 0 bridgehead atoms. The summed E-state index contributed by atoms with van der Waals surface area (Å²) in [5.74, 6) is -0.248. The van der Waals surface area contributed by atoms with Gasteiger partial charge in [0.25, 0.3) is 5.91 Å². The number of hydrogen-bond acceptors (Lipinski definition) is 4. The lowest BCUT2D eigenvalue weighted by atomic mass is 9.97. The van der Waals surface area contributed by atoms with Gasteiger partial charge >= 0.3 is 0 Å². The van der Waals surface area contributed by atoms with Gasteiger partial charge < -0.3 is 4.90 Å². The Morgan fingerprint density at radius 1 is 0.966 bits per heavy atom. The fourth-order valence-corrected chi connectivity index (χ4v) is 3.87. The number of pyridine rings is 2. The molecule has 3 heterocycles. The van der Waals surface area contributed by atoms with Crippen molar-refractivity contribution in [1.29, 1.82) is 0 Å². The third-order valence-electron chi connectivity index (χ3n) is 5.25. The summed E-state index contributed by atoms with van der Waals surface area (Å²) in [5, 5.41) is 0. The van der Waals surface area contributed by atoms with Gasteiger partial charge in [-0.2, -0.15) is 0 Å². The summed E-state index contributed by atoms with van der Waals surface area (Å²) in [4.78, 5) is 25.3. The first-order valence-electron chi connectivity index (χ1n) is 9.72. The summed E-state index contributed by atoms with van der Waals surface area (Å²) >= 11 is 0. The Kier molecular flexibility index (Phi) is 5.62. The van der Waals surface area contributed by atoms with E-state index in [0.717, 1.165) is 16.7 Å². The summed E-state index contributed by atoms with van der Waals surface area (Å²) < 4.78 is 13.9. The molecule has 4 rings (SSSR count). The topological polar surface area (TPSA) is 49.3 Å². The lowest BCUT2D eigenvalue weighted by Crippen LogP contribution is -2.49. The lowest BCUT2D eigenvalue weighted by Gasteiger charge is -2.39. The van der Waals surface area contributed by atoms with Crippen LogP contribution in [0.4, 0.5) is 4.39 Å². The average molecular weight is 390 g/mol. The van der Waals surface area contributed by atoms with E-state index in [0.29, 0.717) is 31.7 Å². The smallest absolute Gasteiger partial charge is 0.255 e. The molecule has 1 fully saturated rings. The van der Waals surface area contributed by atoms with Gasteiger partial charge in [0, 0.05) is 51.0 Å². The van der Waals surface area contributed by atoms with Gasteiger partial charge in [-0.05, 0) is 47.9 Å². The second-order valence-electron chi connectivity index (χ2n) is 7.32. The monoisotopic (exact) mass is 390 g/mol. The highest BCUT2D eigenvalue weighted by Gasteiger charge is 2.29. The number of halogens is 1.